The molecule has 2 aromatic rings. The molecule has 1 aromatic carbocycles. The summed E-state index contributed by atoms with van der Waals surface area (Å²) in [5.41, 5.74) is 3.04. The summed E-state index contributed by atoms with van der Waals surface area (Å²) in [4.78, 5) is 17.5. The first-order valence-corrected chi connectivity index (χ1v) is 9.17. The quantitative estimate of drug-likeness (QED) is 0.717. The molecule has 27 heavy (non-hydrogen) atoms. The van der Waals surface area contributed by atoms with E-state index >= 15 is 0 Å². The molecule has 0 amide bonds. The second-order valence-electron chi connectivity index (χ2n) is 7.41. The van der Waals surface area contributed by atoms with Gasteiger partial charge in [-0.25, -0.2) is 4.98 Å². The largest absolute Gasteiger partial charge is 0.496 e. The highest BCUT2D eigenvalue weighted by molar-refractivity contribution is 5.90. The van der Waals surface area contributed by atoms with Crippen LogP contribution in [0, 0.1) is 6.92 Å². The number of nitrogens with zero attached hydrogens (tertiary/aromatic N) is 1. The molecule has 1 heterocycles. The summed E-state index contributed by atoms with van der Waals surface area (Å²) in [6.45, 7) is 6.19. The molecule has 5 nitrogen and oxygen atoms in total. The minimum Gasteiger partial charge on any atom is -0.496 e. The van der Waals surface area contributed by atoms with Gasteiger partial charge >= 0.3 is 5.97 Å². The van der Waals surface area contributed by atoms with Crippen LogP contribution in [0.1, 0.15) is 54.5 Å². The molecule has 144 valence electrons. The molecular weight excluding hydrogens is 342 g/mol. The van der Waals surface area contributed by atoms with E-state index in [4.69, 9.17) is 14.2 Å². The van der Waals surface area contributed by atoms with Crippen molar-refractivity contribution >= 4 is 5.97 Å². The predicted molar refractivity (Wildman–Crippen MR) is 104 cm³/mol. The van der Waals surface area contributed by atoms with Crippen molar-refractivity contribution in [3.8, 4) is 11.6 Å². The van der Waals surface area contributed by atoms with Gasteiger partial charge in [0.25, 0.3) is 0 Å². The molecule has 1 aliphatic rings. The fourth-order valence-corrected chi connectivity index (χ4v) is 3.84. The minimum atomic E-state index is -0.777. The van der Waals surface area contributed by atoms with Crippen LogP contribution in [0.15, 0.2) is 30.3 Å². The molecule has 1 aliphatic carbocycles. The van der Waals surface area contributed by atoms with Gasteiger partial charge in [-0.15, -0.1) is 0 Å². The minimum absolute atomic E-state index is 0.0655. The molecule has 1 saturated carbocycles. The number of methoxy groups -OCH3 is 3. The number of ether oxygens (including phenoxy) is 3. The van der Waals surface area contributed by atoms with Crippen molar-refractivity contribution in [1.82, 2.24) is 4.98 Å². The average molecular weight is 369 g/mol. The molecule has 0 radical (unpaired) electrons. The Morgan fingerprint density at radius 1 is 1.15 bits per heavy atom. The topological polar surface area (TPSA) is 57.7 Å². The molecule has 0 saturated heterocycles. The molecular formula is C22H27NO4. The van der Waals surface area contributed by atoms with Crippen LogP contribution in [0.3, 0.4) is 0 Å². The maximum Gasteiger partial charge on any atom is 0.317 e. The Kier molecular flexibility index (Phi) is 5.13. The Balaban J connectivity index is 2.12. The Labute approximate surface area is 160 Å². The second-order valence-corrected chi connectivity index (χ2v) is 7.41. The maximum absolute atomic E-state index is 12.9. The van der Waals surface area contributed by atoms with Crippen LogP contribution >= 0.6 is 0 Å². The highest BCUT2D eigenvalue weighted by atomic mass is 16.5. The lowest BCUT2D eigenvalue weighted by Crippen LogP contribution is -2.25. The van der Waals surface area contributed by atoms with E-state index < -0.39 is 5.41 Å². The SMILES string of the molecule is COC(=O)[C@]1(c2cc(C)ccc2OC)C[C@H]1c1ccc(C(C)C)nc1OC. The van der Waals surface area contributed by atoms with E-state index in [2.05, 4.69) is 18.8 Å². The number of carbonyl (C=O) groups is 1. The van der Waals surface area contributed by atoms with Gasteiger partial charge in [0.2, 0.25) is 5.88 Å². The van der Waals surface area contributed by atoms with E-state index in [0.717, 1.165) is 22.4 Å². The summed E-state index contributed by atoms with van der Waals surface area (Å²) >= 11 is 0. The van der Waals surface area contributed by atoms with Crippen molar-refractivity contribution in [3.63, 3.8) is 0 Å². The van der Waals surface area contributed by atoms with Crippen LogP contribution in [0.2, 0.25) is 0 Å². The van der Waals surface area contributed by atoms with Gasteiger partial charge in [-0.1, -0.05) is 37.6 Å². The third-order valence-corrected chi connectivity index (χ3v) is 5.42. The number of rotatable bonds is 6. The van der Waals surface area contributed by atoms with Crippen molar-refractivity contribution in [1.29, 1.82) is 0 Å². The van der Waals surface area contributed by atoms with Crippen molar-refractivity contribution in [3.05, 3.63) is 52.7 Å². The highest BCUT2D eigenvalue weighted by Gasteiger charge is 2.64. The first-order chi connectivity index (χ1) is 12.9. The first kappa shape index (κ1) is 19.2. The molecule has 0 N–H and O–H groups in total. The smallest absolute Gasteiger partial charge is 0.317 e. The van der Waals surface area contributed by atoms with Crippen molar-refractivity contribution in [2.24, 2.45) is 0 Å². The molecule has 0 spiro atoms. The van der Waals surface area contributed by atoms with Crippen LogP contribution in [-0.4, -0.2) is 32.3 Å². The molecule has 1 fully saturated rings. The molecule has 3 rings (SSSR count). The van der Waals surface area contributed by atoms with Gasteiger partial charge in [0.15, 0.2) is 0 Å². The zero-order chi connectivity index (χ0) is 19.8. The number of carbonyl (C=O) groups excluding carboxylic acids is 1. The van der Waals surface area contributed by atoms with Gasteiger partial charge in [0.1, 0.15) is 11.2 Å². The van der Waals surface area contributed by atoms with Crippen LogP contribution in [0.25, 0.3) is 0 Å². The number of aromatic nitrogens is 1. The van der Waals surface area contributed by atoms with Crippen LogP contribution < -0.4 is 9.47 Å². The number of hydrogen-bond acceptors (Lipinski definition) is 5. The standard InChI is InChI=1S/C22H27NO4/c1-13(2)18-9-8-15(20(23-18)26-5)17-12-22(17,21(24)27-6)16-11-14(3)7-10-19(16)25-4/h7-11,13,17H,12H2,1-6H3/t17-,22-/m0/s1. The fourth-order valence-electron chi connectivity index (χ4n) is 3.84. The zero-order valence-corrected chi connectivity index (χ0v) is 16.8. The second kappa shape index (κ2) is 7.22. The lowest BCUT2D eigenvalue weighted by atomic mass is 9.89. The molecule has 1 aromatic heterocycles. The van der Waals surface area contributed by atoms with Crippen LogP contribution in [-0.2, 0) is 14.9 Å². The van der Waals surface area contributed by atoms with Crippen molar-refractivity contribution in [2.75, 3.05) is 21.3 Å². The van der Waals surface area contributed by atoms with Crippen molar-refractivity contribution in [2.45, 2.75) is 44.4 Å². The molecule has 0 unspecified atom stereocenters. The maximum atomic E-state index is 12.9. The van der Waals surface area contributed by atoms with Crippen LogP contribution in [0.4, 0.5) is 0 Å². The third kappa shape index (κ3) is 3.15. The third-order valence-electron chi connectivity index (χ3n) is 5.42. The Morgan fingerprint density at radius 2 is 1.89 bits per heavy atom. The van der Waals surface area contributed by atoms with E-state index in [9.17, 15) is 4.79 Å². The first-order valence-electron chi connectivity index (χ1n) is 9.17. The van der Waals surface area contributed by atoms with Crippen LogP contribution in [0.5, 0.6) is 11.6 Å². The number of esters is 1. The number of aryl methyl sites for hydroxylation is 1. The number of hydrogen-bond donors (Lipinski definition) is 0. The lowest BCUT2D eigenvalue weighted by molar-refractivity contribution is -0.143. The normalized spacial score (nSPS) is 21.1. The summed E-state index contributed by atoms with van der Waals surface area (Å²) < 4.78 is 16.3. The molecule has 2 atom stereocenters. The summed E-state index contributed by atoms with van der Waals surface area (Å²) in [5.74, 6) is 1.24. The predicted octanol–water partition coefficient (Wildman–Crippen LogP) is 4.13. The number of pyridine rings is 1. The Morgan fingerprint density at radius 3 is 2.48 bits per heavy atom. The summed E-state index contributed by atoms with van der Waals surface area (Å²) in [6, 6.07) is 9.93. The van der Waals surface area contributed by atoms with Gasteiger partial charge in [-0.2, -0.15) is 0 Å². The molecule has 5 heteroatoms. The average Bonchev–Trinajstić information content (AvgIpc) is 3.43. The van der Waals surface area contributed by atoms with Crippen molar-refractivity contribution < 1.29 is 19.0 Å². The summed E-state index contributed by atoms with van der Waals surface area (Å²) in [6.07, 6.45) is 0.637. The summed E-state index contributed by atoms with van der Waals surface area (Å²) in [7, 11) is 4.67. The van der Waals surface area contributed by atoms with Gasteiger partial charge in [-0.3, -0.25) is 4.79 Å². The fraction of sp³-hybridized carbons (Fsp3) is 0.455. The van der Waals surface area contributed by atoms with Gasteiger partial charge < -0.3 is 14.2 Å². The Bertz CT molecular complexity index is 861. The summed E-state index contributed by atoms with van der Waals surface area (Å²) in [5, 5.41) is 0. The number of benzene rings is 1. The van der Waals surface area contributed by atoms with E-state index in [1.165, 1.54) is 7.11 Å². The Hall–Kier alpha value is -2.56. The monoisotopic (exact) mass is 369 g/mol. The van der Waals surface area contributed by atoms with E-state index in [-0.39, 0.29) is 11.9 Å². The van der Waals surface area contributed by atoms with E-state index in [1.54, 1.807) is 14.2 Å². The van der Waals surface area contributed by atoms with Gasteiger partial charge in [-0.05, 0) is 31.4 Å². The van der Waals surface area contributed by atoms with Gasteiger partial charge in [0, 0.05) is 22.7 Å². The van der Waals surface area contributed by atoms with Gasteiger partial charge in [0.05, 0.1) is 21.3 Å². The molecule has 0 bridgehead atoms. The zero-order valence-electron chi connectivity index (χ0n) is 16.8. The molecule has 0 aliphatic heterocycles. The lowest BCUT2D eigenvalue weighted by Gasteiger charge is -2.20. The highest BCUT2D eigenvalue weighted by Crippen LogP contribution is 2.64. The van der Waals surface area contributed by atoms with E-state index in [1.807, 2.05) is 37.3 Å². The van der Waals surface area contributed by atoms with E-state index in [0.29, 0.717) is 24.0 Å².